The van der Waals surface area contributed by atoms with Crippen molar-refractivity contribution in [2.75, 3.05) is 6.54 Å². The molecule has 1 saturated carbocycles. The van der Waals surface area contributed by atoms with Gasteiger partial charge in [0.1, 0.15) is 11.3 Å². The Labute approximate surface area is 185 Å². The molecule has 1 aliphatic carbocycles. The minimum atomic E-state index is -0.399. The topological polar surface area (TPSA) is 88.4 Å². The van der Waals surface area contributed by atoms with E-state index in [0.29, 0.717) is 5.65 Å². The van der Waals surface area contributed by atoms with E-state index in [9.17, 15) is 9.59 Å². The smallest absolute Gasteiger partial charge is 0.270 e. The number of amides is 1. The summed E-state index contributed by atoms with van der Waals surface area (Å²) in [7, 11) is 0. The van der Waals surface area contributed by atoms with Gasteiger partial charge in [-0.2, -0.15) is 0 Å². The Hall–Kier alpha value is -3.58. The third-order valence-corrected chi connectivity index (χ3v) is 6.06. The molecule has 2 N–H and O–H groups in total. The molecule has 1 aliphatic rings. The second-order valence-corrected chi connectivity index (χ2v) is 8.38. The molecule has 0 radical (unpaired) electrons. The fourth-order valence-corrected chi connectivity index (χ4v) is 3.99. The molecule has 0 spiro atoms. The summed E-state index contributed by atoms with van der Waals surface area (Å²) in [5, 5.41) is 8.53. The number of nitrogens with zero attached hydrogens (tertiary/aromatic N) is 3. The fraction of sp³-hybridized carbons (Fsp3) is 0.280. The van der Waals surface area contributed by atoms with Crippen LogP contribution < -0.4 is 16.2 Å². The van der Waals surface area contributed by atoms with Gasteiger partial charge in [-0.05, 0) is 60.5 Å². The van der Waals surface area contributed by atoms with Crippen molar-refractivity contribution < 1.29 is 4.79 Å². The van der Waals surface area contributed by atoms with E-state index < -0.39 is 5.91 Å². The van der Waals surface area contributed by atoms with E-state index in [2.05, 4.69) is 38.8 Å². The van der Waals surface area contributed by atoms with Crippen LogP contribution in [0.5, 0.6) is 0 Å². The Kier molecular flexibility index (Phi) is 5.64. The van der Waals surface area contributed by atoms with Crippen LogP contribution in [0.4, 0.5) is 0 Å². The molecule has 0 unspecified atom stereocenters. The van der Waals surface area contributed by atoms with Gasteiger partial charge in [0.05, 0.1) is 12.2 Å². The first kappa shape index (κ1) is 20.3. The van der Waals surface area contributed by atoms with Gasteiger partial charge in [-0.1, -0.05) is 24.6 Å². The van der Waals surface area contributed by atoms with E-state index in [1.54, 1.807) is 24.4 Å². The number of pyridine rings is 2. The Bertz CT molecular complexity index is 1340. The SMILES string of the molecule is O=C(NCc1cc2cc(CNCC3CCC3)ccc2cn1)c1cc(=O)n2ccccc2n1. The van der Waals surface area contributed by atoms with Gasteiger partial charge in [-0.15, -0.1) is 0 Å². The average Bonchev–Trinajstić information content (AvgIpc) is 2.78. The molecular formula is C25H25N5O2. The first-order valence-corrected chi connectivity index (χ1v) is 11.0. The van der Waals surface area contributed by atoms with Crippen LogP contribution in [-0.4, -0.2) is 26.8 Å². The third-order valence-electron chi connectivity index (χ3n) is 6.06. The lowest BCUT2D eigenvalue weighted by molar-refractivity contribution is 0.0945. The molecule has 0 aliphatic heterocycles. The van der Waals surface area contributed by atoms with Gasteiger partial charge in [-0.25, -0.2) is 4.98 Å². The highest BCUT2D eigenvalue weighted by Gasteiger charge is 2.16. The van der Waals surface area contributed by atoms with Crippen molar-refractivity contribution in [3.63, 3.8) is 0 Å². The summed E-state index contributed by atoms with van der Waals surface area (Å²) in [4.78, 5) is 33.5. The summed E-state index contributed by atoms with van der Waals surface area (Å²) in [6, 6.07) is 14.8. The van der Waals surface area contributed by atoms with Gasteiger partial charge in [0.2, 0.25) is 0 Å². The molecule has 0 saturated heterocycles. The molecule has 1 amide bonds. The summed E-state index contributed by atoms with van der Waals surface area (Å²) in [6.45, 7) is 2.19. The van der Waals surface area contributed by atoms with Crippen LogP contribution in [0.3, 0.4) is 0 Å². The van der Waals surface area contributed by atoms with E-state index in [-0.39, 0.29) is 17.8 Å². The molecule has 1 aromatic carbocycles. The fourth-order valence-electron chi connectivity index (χ4n) is 3.99. The third kappa shape index (κ3) is 4.38. The second kappa shape index (κ2) is 8.88. The maximum absolute atomic E-state index is 12.6. The van der Waals surface area contributed by atoms with Crippen molar-refractivity contribution in [1.29, 1.82) is 0 Å². The van der Waals surface area contributed by atoms with Gasteiger partial charge in [0.25, 0.3) is 11.5 Å². The molecular weight excluding hydrogens is 402 g/mol. The van der Waals surface area contributed by atoms with E-state index in [0.717, 1.165) is 35.5 Å². The molecule has 162 valence electrons. The maximum Gasteiger partial charge on any atom is 0.270 e. The van der Waals surface area contributed by atoms with Gasteiger partial charge >= 0.3 is 0 Å². The van der Waals surface area contributed by atoms with Crippen LogP contribution in [0, 0.1) is 5.92 Å². The summed E-state index contributed by atoms with van der Waals surface area (Å²) < 4.78 is 1.40. The first-order chi connectivity index (χ1) is 15.7. The molecule has 1 fully saturated rings. The number of rotatable bonds is 7. The lowest BCUT2D eigenvalue weighted by atomic mass is 9.85. The minimum Gasteiger partial charge on any atom is -0.345 e. The Morgan fingerprint density at radius 1 is 1.06 bits per heavy atom. The standard InChI is InChI=1S/C25H25N5O2/c31-24-12-22(29-23-6-1-2-9-30(23)24)25(32)28-16-21-11-20-10-18(7-8-19(20)15-27-21)14-26-13-17-4-3-5-17/h1-2,6-12,15,17,26H,3-5,13-14,16H2,(H,28,32). The predicted molar refractivity (Wildman–Crippen MR) is 123 cm³/mol. The van der Waals surface area contributed by atoms with Gasteiger partial charge in [-0.3, -0.25) is 19.0 Å². The Morgan fingerprint density at radius 3 is 2.81 bits per heavy atom. The van der Waals surface area contributed by atoms with Crippen LogP contribution in [0.15, 0.2) is 65.7 Å². The number of hydrogen-bond acceptors (Lipinski definition) is 5. The van der Waals surface area contributed by atoms with E-state index >= 15 is 0 Å². The van der Waals surface area contributed by atoms with Crippen molar-refractivity contribution in [3.05, 3.63) is 88.2 Å². The molecule has 0 bridgehead atoms. The van der Waals surface area contributed by atoms with Gasteiger partial charge in [0.15, 0.2) is 0 Å². The van der Waals surface area contributed by atoms with Crippen LogP contribution in [0.25, 0.3) is 16.4 Å². The second-order valence-electron chi connectivity index (χ2n) is 8.38. The van der Waals surface area contributed by atoms with Crippen LogP contribution >= 0.6 is 0 Å². The maximum atomic E-state index is 12.6. The largest absolute Gasteiger partial charge is 0.345 e. The van der Waals surface area contributed by atoms with Crippen molar-refractivity contribution in [1.82, 2.24) is 25.0 Å². The number of carbonyl (C=O) groups excluding carboxylic acids is 1. The zero-order chi connectivity index (χ0) is 21.9. The normalized spacial score (nSPS) is 13.9. The number of fused-ring (bicyclic) bond motifs is 2. The zero-order valence-corrected chi connectivity index (χ0v) is 17.8. The highest BCUT2D eigenvalue weighted by atomic mass is 16.2. The molecule has 7 nitrogen and oxygen atoms in total. The minimum absolute atomic E-state index is 0.0989. The van der Waals surface area contributed by atoms with Crippen molar-refractivity contribution in [2.45, 2.75) is 32.4 Å². The summed E-state index contributed by atoms with van der Waals surface area (Å²) in [5.41, 5.74) is 2.24. The summed E-state index contributed by atoms with van der Waals surface area (Å²) >= 11 is 0. The molecule has 7 heteroatoms. The predicted octanol–water partition coefficient (Wildman–Crippen LogP) is 3.06. The van der Waals surface area contributed by atoms with E-state index in [4.69, 9.17) is 0 Å². The lowest BCUT2D eigenvalue weighted by Crippen LogP contribution is -2.27. The Morgan fingerprint density at radius 2 is 1.97 bits per heavy atom. The van der Waals surface area contributed by atoms with Crippen LogP contribution in [0.1, 0.15) is 41.0 Å². The van der Waals surface area contributed by atoms with E-state index in [1.165, 1.54) is 35.3 Å². The number of carbonyl (C=O) groups is 1. The van der Waals surface area contributed by atoms with E-state index in [1.807, 2.05) is 12.3 Å². The lowest BCUT2D eigenvalue weighted by Gasteiger charge is -2.25. The number of aromatic nitrogens is 3. The van der Waals surface area contributed by atoms with Crippen LogP contribution in [0.2, 0.25) is 0 Å². The van der Waals surface area contributed by atoms with Crippen molar-refractivity contribution >= 4 is 22.3 Å². The molecule has 32 heavy (non-hydrogen) atoms. The van der Waals surface area contributed by atoms with Crippen LogP contribution in [-0.2, 0) is 13.1 Å². The van der Waals surface area contributed by atoms with Gasteiger partial charge < -0.3 is 10.6 Å². The molecule has 3 aromatic heterocycles. The van der Waals surface area contributed by atoms with Crippen molar-refractivity contribution in [3.8, 4) is 0 Å². The number of benzene rings is 1. The summed E-state index contributed by atoms with van der Waals surface area (Å²) in [5.74, 6) is 0.438. The highest BCUT2D eigenvalue weighted by Crippen LogP contribution is 2.25. The first-order valence-electron chi connectivity index (χ1n) is 11.0. The summed E-state index contributed by atoms with van der Waals surface area (Å²) in [6.07, 6.45) is 7.50. The van der Waals surface area contributed by atoms with Crippen molar-refractivity contribution in [2.24, 2.45) is 5.92 Å². The zero-order valence-electron chi connectivity index (χ0n) is 17.8. The molecule has 0 atom stereocenters. The monoisotopic (exact) mass is 427 g/mol. The molecule has 4 aromatic rings. The molecule has 3 heterocycles. The molecule has 5 rings (SSSR count). The van der Waals surface area contributed by atoms with Gasteiger partial charge in [0, 0.05) is 30.4 Å². The number of nitrogens with one attached hydrogen (secondary N) is 2. The average molecular weight is 428 g/mol. The Balaban J connectivity index is 1.26. The highest BCUT2D eigenvalue weighted by molar-refractivity contribution is 5.92. The number of hydrogen-bond donors (Lipinski definition) is 2. The quantitative estimate of drug-likeness (QED) is 0.473.